The van der Waals surface area contributed by atoms with E-state index in [0.29, 0.717) is 0 Å². The molecule has 3 heterocycles. The van der Waals surface area contributed by atoms with Crippen LogP contribution in [0.4, 0.5) is 0 Å². The molecule has 3 aliphatic rings. The first-order chi connectivity index (χ1) is 28.1. The van der Waals surface area contributed by atoms with E-state index < -0.39 is 183 Å². The Bertz CT molecular complexity index is 1590. The number of hydrogen-bond acceptors (Lipinski definition) is 22. The molecule has 3 amide bonds. The number of carboxylic acid groups (broad SMARTS) is 3. The van der Waals surface area contributed by atoms with Crippen molar-refractivity contribution in [3.8, 4) is 0 Å². The number of aliphatic hydroxyl groups is 11. The molecule has 61 heavy (non-hydrogen) atoms. The van der Waals surface area contributed by atoms with Gasteiger partial charge >= 0.3 is 17.9 Å². The second-order valence-corrected chi connectivity index (χ2v) is 14.9. The summed E-state index contributed by atoms with van der Waals surface area (Å²) in [6.07, 6.45) is -29.2. The lowest BCUT2D eigenvalue weighted by Gasteiger charge is -2.48. The minimum Gasteiger partial charge on any atom is -0.477 e. The van der Waals surface area contributed by atoms with Crippen LogP contribution in [0.5, 0.6) is 0 Å². The van der Waals surface area contributed by atoms with Crippen LogP contribution in [0.3, 0.4) is 0 Å². The molecule has 0 aromatic heterocycles. The first-order valence-electron chi connectivity index (χ1n) is 18.4. The van der Waals surface area contributed by atoms with Crippen molar-refractivity contribution in [2.24, 2.45) is 0 Å². The van der Waals surface area contributed by atoms with Crippen molar-refractivity contribution in [1.29, 1.82) is 0 Å². The van der Waals surface area contributed by atoms with E-state index in [0.717, 1.165) is 20.8 Å². The zero-order valence-corrected chi connectivity index (χ0v) is 32.7. The van der Waals surface area contributed by atoms with Crippen LogP contribution in [0.25, 0.3) is 0 Å². The van der Waals surface area contributed by atoms with Gasteiger partial charge in [-0.3, -0.25) is 14.4 Å². The fourth-order valence-corrected chi connectivity index (χ4v) is 7.11. The molecule has 0 radical (unpaired) electrons. The van der Waals surface area contributed by atoms with Gasteiger partial charge in [0, 0.05) is 40.0 Å². The van der Waals surface area contributed by atoms with Crippen molar-refractivity contribution in [3.05, 3.63) is 0 Å². The number of ether oxygens (including phenoxy) is 5. The summed E-state index contributed by atoms with van der Waals surface area (Å²) in [4.78, 5) is 72.7. The molecular weight excluding hydrogens is 838 g/mol. The maximum Gasteiger partial charge on any atom is 0.364 e. The molecule has 0 saturated carbocycles. The normalized spacial score (nSPS) is 37.2. The molecule has 0 aliphatic carbocycles. The van der Waals surface area contributed by atoms with Gasteiger partial charge in [0.1, 0.15) is 54.9 Å². The van der Waals surface area contributed by atoms with Crippen LogP contribution in [0.15, 0.2) is 0 Å². The first kappa shape index (κ1) is 51.5. The van der Waals surface area contributed by atoms with Crippen LogP contribution in [-0.4, -0.2) is 236 Å². The molecule has 3 rings (SSSR count). The Kier molecular flexibility index (Phi) is 17.4. The number of carboxylic acids is 3. The molecule has 18 atom stereocenters. The van der Waals surface area contributed by atoms with Gasteiger partial charge in [0.2, 0.25) is 17.7 Å². The molecule has 0 aromatic rings. The number of carbonyl (C=O) groups is 6. The summed E-state index contributed by atoms with van der Waals surface area (Å²) in [5.41, 5.74) is 0. The van der Waals surface area contributed by atoms with Crippen LogP contribution in [0.1, 0.15) is 40.0 Å². The molecule has 3 fully saturated rings. The van der Waals surface area contributed by atoms with Crippen LogP contribution in [0, 0.1) is 0 Å². The van der Waals surface area contributed by atoms with E-state index in [9.17, 15) is 100 Å². The summed E-state index contributed by atoms with van der Waals surface area (Å²) in [5, 5.41) is 154. The molecule has 0 unspecified atom stereocenters. The van der Waals surface area contributed by atoms with Gasteiger partial charge in [0.25, 0.3) is 17.4 Å². The summed E-state index contributed by atoms with van der Waals surface area (Å²) in [6.45, 7) is -0.861. The maximum atomic E-state index is 12.7. The highest BCUT2D eigenvalue weighted by molar-refractivity contribution is 5.78. The van der Waals surface area contributed by atoms with E-state index >= 15 is 0 Å². The van der Waals surface area contributed by atoms with Gasteiger partial charge in [0.05, 0.1) is 56.3 Å². The Hall–Kier alpha value is -3.82. The predicted octanol–water partition coefficient (Wildman–Crippen LogP) is -9.52. The van der Waals surface area contributed by atoms with Crippen LogP contribution < -0.4 is 16.0 Å². The average molecular weight is 892 g/mol. The molecule has 28 heteroatoms. The molecule has 17 N–H and O–H groups in total. The molecule has 3 aliphatic heterocycles. The van der Waals surface area contributed by atoms with Gasteiger partial charge in [-0.2, -0.15) is 0 Å². The molecule has 0 aromatic carbocycles. The number of amides is 3. The third-order valence-corrected chi connectivity index (χ3v) is 10.2. The summed E-state index contributed by atoms with van der Waals surface area (Å²) in [6, 6.07) is -5.07. The van der Waals surface area contributed by atoms with E-state index in [1.54, 1.807) is 0 Å². The maximum absolute atomic E-state index is 12.7. The Balaban J connectivity index is 1.90. The Morgan fingerprint density at radius 2 is 0.869 bits per heavy atom. The van der Waals surface area contributed by atoms with Gasteiger partial charge in [0.15, 0.2) is 0 Å². The van der Waals surface area contributed by atoms with Gasteiger partial charge in [-0.15, -0.1) is 0 Å². The van der Waals surface area contributed by atoms with Crippen LogP contribution in [-0.2, 0) is 52.5 Å². The lowest BCUT2D eigenvalue weighted by Crippen LogP contribution is -2.69. The van der Waals surface area contributed by atoms with E-state index in [4.69, 9.17) is 23.7 Å². The SMILES string of the molecule is CC(=O)N[C@H]1[C@H]([C@H](O)[C@H](O)CO)O[C@@](OC[C@@H](O)[C@@H](O)[C@@H]2O[C@@](OC[C@@H](O)[C@@H](O)[C@@H]3O[C@@](O)(C(=O)O)C[C@H](O)[C@H]3NC(C)=O)(C(=O)O)C[C@H](O)[C@H]2NC(C)=O)(C(=O)O)C[C@@H]1O. The topological polar surface area (TPSA) is 468 Å². The minimum absolute atomic E-state index is 0.803. The second-order valence-electron chi connectivity index (χ2n) is 14.9. The first-order valence-corrected chi connectivity index (χ1v) is 18.4. The number of nitrogens with one attached hydrogen (secondary N) is 3. The molecule has 0 spiro atoms. The summed E-state index contributed by atoms with van der Waals surface area (Å²) in [7, 11) is 0. The lowest BCUT2D eigenvalue weighted by atomic mass is 9.87. The molecule has 350 valence electrons. The van der Waals surface area contributed by atoms with E-state index in [1.807, 2.05) is 0 Å². The number of hydrogen-bond donors (Lipinski definition) is 17. The zero-order chi connectivity index (χ0) is 46.5. The Labute approximate surface area is 344 Å². The summed E-state index contributed by atoms with van der Waals surface area (Å²) >= 11 is 0. The number of aliphatic hydroxyl groups excluding tert-OH is 10. The fraction of sp³-hybridized carbons (Fsp3) is 0.818. The monoisotopic (exact) mass is 891 g/mol. The third-order valence-electron chi connectivity index (χ3n) is 10.2. The van der Waals surface area contributed by atoms with Crippen molar-refractivity contribution in [2.45, 2.75) is 149 Å². The molecule has 28 nitrogen and oxygen atoms in total. The van der Waals surface area contributed by atoms with Gasteiger partial charge in [-0.1, -0.05) is 0 Å². The van der Waals surface area contributed by atoms with Crippen LogP contribution in [0.2, 0.25) is 0 Å². The number of rotatable bonds is 19. The largest absolute Gasteiger partial charge is 0.477 e. The van der Waals surface area contributed by atoms with Crippen LogP contribution >= 0.6 is 0 Å². The Morgan fingerprint density at radius 1 is 0.557 bits per heavy atom. The van der Waals surface area contributed by atoms with Crippen molar-refractivity contribution in [2.75, 3.05) is 19.8 Å². The van der Waals surface area contributed by atoms with E-state index in [2.05, 4.69) is 16.0 Å². The van der Waals surface area contributed by atoms with E-state index in [1.165, 1.54) is 0 Å². The highest BCUT2D eigenvalue weighted by Crippen LogP contribution is 2.37. The predicted molar refractivity (Wildman–Crippen MR) is 188 cm³/mol. The zero-order valence-electron chi connectivity index (χ0n) is 32.7. The van der Waals surface area contributed by atoms with Crippen molar-refractivity contribution in [1.82, 2.24) is 16.0 Å². The number of carbonyl (C=O) groups excluding carboxylic acids is 3. The fourth-order valence-electron chi connectivity index (χ4n) is 7.11. The van der Waals surface area contributed by atoms with E-state index in [-0.39, 0.29) is 0 Å². The average Bonchev–Trinajstić information content (AvgIpc) is 3.16. The van der Waals surface area contributed by atoms with Gasteiger partial charge in [-0.05, 0) is 0 Å². The lowest BCUT2D eigenvalue weighted by molar-refractivity contribution is -0.329. The van der Waals surface area contributed by atoms with Crippen molar-refractivity contribution >= 4 is 35.6 Å². The summed E-state index contributed by atoms with van der Waals surface area (Å²) < 4.78 is 26.7. The van der Waals surface area contributed by atoms with Gasteiger partial charge < -0.3 is 111 Å². The van der Waals surface area contributed by atoms with Crippen molar-refractivity contribution < 1.29 is 124 Å². The second kappa shape index (κ2) is 20.6. The highest BCUT2D eigenvalue weighted by atomic mass is 16.7. The standard InChI is InChI=1S/C33H53N3O25/c1-10(38)34-19-13(41)4-31(56,28(50)51)59-25(19)23(48)17(45)8-57-33(30(54)55)6-15(43)21(36-12(3)40)27(61-33)24(49)18(46)9-58-32(29(52)53)5-14(42)20(35-11(2)39)26(60-32)22(47)16(44)7-37/h13-27,37,41-49,56H,4-9H2,1-3H3,(H,34,38)(H,35,39)(H,36,40)(H,50,51)(H,52,53)(H,54,55)/t13-,14-,15-,16+,17+,18+,19+,20+,21+,22+,23+,24+,25+,26+,27+,31+,32+,33+/m0/s1. The summed E-state index contributed by atoms with van der Waals surface area (Å²) in [5.74, 6) is -18.0. The minimum atomic E-state index is -3.15. The quantitative estimate of drug-likeness (QED) is 0.0572. The molecule has 0 bridgehead atoms. The third kappa shape index (κ3) is 11.8. The van der Waals surface area contributed by atoms with Crippen molar-refractivity contribution in [3.63, 3.8) is 0 Å². The smallest absolute Gasteiger partial charge is 0.364 e. The van der Waals surface area contributed by atoms with Gasteiger partial charge in [-0.25, -0.2) is 14.4 Å². The molecular formula is C33H53N3O25. The molecule has 3 saturated heterocycles. The number of aliphatic carboxylic acids is 3. The highest BCUT2D eigenvalue weighted by Gasteiger charge is 2.59. The Morgan fingerprint density at radius 3 is 1.16 bits per heavy atom.